The van der Waals surface area contributed by atoms with Crippen molar-refractivity contribution < 1.29 is 27.4 Å². The summed E-state index contributed by atoms with van der Waals surface area (Å²) < 4.78 is 45.3. The molecule has 0 unspecified atom stereocenters. The molecule has 1 fully saturated rings. The van der Waals surface area contributed by atoms with Gasteiger partial charge in [0.25, 0.3) is 10.0 Å². The number of carbonyl (C=O) groups excluding carboxylic acids is 1. The van der Waals surface area contributed by atoms with Crippen molar-refractivity contribution in [2.45, 2.75) is 23.2 Å². The molecule has 2 aliphatic rings. The Morgan fingerprint density at radius 1 is 0.838 bits per heavy atom. The third-order valence-corrected chi connectivity index (χ3v) is 8.68. The van der Waals surface area contributed by atoms with Gasteiger partial charge in [-0.1, -0.05) is 48.5 Å². The van der Waals surface area contributed by atoms with Crippen LogP contribution in [-0.2, 0) is 25.0 Å². The molecule has 194 valence electrons. The molecule has 0 spiro atoms. The zero-order valence-corrected chi connectivity index (χ0v) is 21.3. The van der Waals surface area contributed by atoms with Crippen molar-refractivity contribution in [3.63, 3.8) is 0 Å². The lowest BCUT2D eigenvalue weighted by atomic mass is 9.74. The summed E-state index contributed by atoms with van der Waals surface area (Å²) in [4.78, 5) is 13.4. The van der Waals surface area contributed by atoms with Crippen molar-refractivity contribution in [1.29, 1.82) is 0 Å². The van der Waals surface area contributed by atoms with Gasteiger partial charge in [0.2, 0.25) is 5.91 Å². The van der Waals surface area contributed by atoms with Crippen LogP contribution in [0.4, 0.5) is 5.69 Å². The number of anilines is 1. The van der Waals surface area contributed by atoms with Crippen molar-refractivity contribution >= 4 is 21.6 Å². The molecule has 1 amide bonds. The fourth-order valence-electron chi connectivity index (χ4n) is 4.80. The molecule has 5 rings (SSSR count). The van der Waals surface area contributed by atoms with E-state index in [4.69, 9.17) is 14.2 Å². The topological polar surface area (TPSA) is 94.2 Å². The number of nitrogens with zero attached hydrogens (tertiary/aromatic N) is 1. The molecule has 0 radical (unpaired) electrons. The number of hydrogen-bond acceptors (Lipinski definition) is 6. The van der Waals surface area contributed by atoms with E-state index < -0.39 is 15.9 Å². The summed E-state index contributed by atoms with van der Waals surface area (Å²) in [6.45, 7) is 2.02. The Labute approximate surface area is 217 Å². The number of fused-ring (bicyclic) bond motifs is 1. The SMILES string of the molecule is O=C(CN(c1ccc2c(c1)OCCO2)S(=O)(=O)c1ccccc1)NCC1(c2ccccc2)CCOCC1. The number of amides is 1. The van der Waals surface area contributed by atoms with Gasteiger partial charge in [-0.25, -0.2) is 8.42 Å². The van der Waals surface area contributed by atoms with E-state index in [9.17, 15) is 13.2 Å². The Morgan fingerprint density at radius 2 is 1.49 bits per heavy atom. The second-order valence-electron chi connectivity index (χ2n) is 9.19. The largest absolute Gasteiger partial charge is 0.486 e. The zero-order valence-electron chi connectivity index (χ0n) is 20.5. The van der Waals surface area contributed by atoms with E-state index in [2.05, 4.69) is 17.4 Å². The van der Waals surface area contributed by atoms with Gasteiger partial charge in [-0.15, -0.1) is 0 Å². The highest BCUT2D eigenvalue weighted by molar-refractivity contribution is 7.92. The molecule has 0 bridgehead atoms. The molecule has 3 aromatic rings. The maximum absolute atomic E-state index is 13.7. The number of nitrogens with one attached hydrogen (secondary N) is 1. The van der Waals surface area contributed by atoms with Crippen molar-refractivity contribution in [3.8, 4) is 11.5 Å². The van der Waals surface area contributed by atoms with E-state index in [1.165, 1.54) is 12.1 Å². The Kier molecular flexibility index (Phi) is 7.34. The highest BCUT2D eigenvalue weighted by atomic mass is 32.2. The molecule has 1 saturated heterocycles. The zero-order chi connectivity index (χ0) is 25.7. The fraction of sp³-hybridized carbons (Fsp3) is 0.321. The number of ether oxygens (including phenoxy) is 3. The van der Waals surface area contributed by atoms with Gasteiger partial charge in [-0.3, -0.25) is 9.10 Å². The molecule has 37 heavy (non-hydrogen) atoms. The van der Waals surface area contributed by atoms with Crippen molar-refractivity contribution in [2.75, 3.05) is 43.8 Å². The quantitative estimate of drug-likeness (QED) is 0.487. The fourth-order valence-corrected chi connectivity index (χ4v) is 6.23. The summed E-state index contributed by atoms with van der Waals surface area (Å²) in [6, 6.07) is 23.1. The first-order chi connectivity index (χ1) is 18.0. The van der Waals surface area contributed by atoms with E-state index in [0.29, 0.717) is 50.2 Å². The summed E-state index contributed by atoms with van der Waals surface area (Å²) in [5, 5.41) is 3.02. The predicted octanol–water partition coefficient (Wildman–Crippen LogP) is 3.52. The molecule has 8 nitrogen and oxygen atoms in total. The van der Waals surface area contributed by atoms with Crippen molar-refractivity contribution in [2.24, 2.45) is 0 Å². The third-order valence-electron chi connectivity index (χ3n) is 6.89. The first-order valence-corrected chi connectivity index (χ1v) is 13.8. The van der Waals surface area contributed by atoms with Crippen LogP contribution in [0.3, 0.4) is 0 Å². The number of sulfonamides is 1. The average Bonchev–Trinajstić information content (AvgIpc) is 2.96. The lowest BCUT2D eigenvalue weighted by molar-refractivity contribution is -0.120. The molecule has 0 aliphatic carbocycles. The number of benzene rings is 3. The van der Waals surface area contributed by atoms with Gasteiger partial charge in [-0.05, 0) is 42.7 Å². The lowest BCUT2D eigenvalue weighted by Crippen LogP contribution is -2.48. The summed E-state index contributed by atoms with van der Waals surface area (Å²) in [5.41, 5.74) is 1.20. The number of hydrogen-bond donors (Lipinski definition) is 1. The predicted molar refractivity (Wildman–Crippen MR) is 140 cm³/mol. The van der Waals surface area contributed by atoms with E-state index in [0.717, 1.165) is 22.7 Å². The summed E-state index contributed by atoms with van der Waals surface area (Å²) in [6.07, 6.45) is 1.54. The summed E-state index contributed by atoms with van der Waals surface area (Å²) in [5.74, 6) is 0.597. The lowest BCUT2D eigenvalue weighted by Gasteiger charge is -2.38. The van der Waals surface area contributed by atoms with Gasteiger partial charge in [0, 0.05) is 31.2 Å². The Hall–Kier alpha value is -3.56. The van der Waals surface area contributed by atoms with E-state index in [1.807, 2.05) is 18.2 Å². The van der Waals surface area contributed by atoms with Gasteiger partial charge in [0.15, 0.2) is 11.5 Å². The van der Waals surface area contributed by atoms with E-state index >= 15 is 0 Å². The van der Waals surface area contributed by atoms with Gasteiger partial charge in [0.05, 0.1) is 10.6 Å². The van der Waals surface area contributed by atoms with Crippen LogP contribution in [0.25, 0.3) is 0 Å². The second-order valence-corrected chi connectivity index (χ2v) is 11.1. The maximum atomic E-state index is 13.7. The Bertz CT molecular complexity index is 1330. The monoisotopic (exact) mass is 522 g/mol. The van der Waals surface area contributed by atoms with E-state index in [1.54, 1.807) is 36.4 Å². The van der Waals surface area contributed by atoms with Crippen LogP contribution in [0, 0.1) is 0 Å². The highest BCUT2D eigenvalue weighted by Gasteiger charge is 2.35. The molecule has 9 heteroatoms. The molecule has 1 N–H and O–H groups in total. The third kappa shape index (κ3) is 5.42. The van der Waals surface area contributed by atoms with Crippen LogP contribution in [0.5, 0.6) is 11.5 Å². The minimum atomic E-state index is -4.03. The van der Waals surface area contributed by atoms with Gasteiger partial charge in [0.1, 0.15) is 19.8 Å². The smallest absolute Gasteiger partial charge is 0.264 e. The second kappa shape index (κ2) is 10.8. The van der Waals surface area contributed by atoms with Crippen molar-refractivity contribution in [1.82, 2.24) is 5.32 Å². The number of rotatable bonds is 8. The Balaban J connectivity index is 1.41. The summed E-state index contributed by atoms with van der Waals surface area (Å²) in [7, 11) is -4.03. The maximum Gasteiger partial charge on any atom is 0.264 e. The van der Waals surface area contributed by atoms with Crippen LogP contribution in [0.1, 0.15) is 18.4 Å². The first-order valence-electron chi connectivity index (χ1n) is 12.4. The molecule has 3 aromatic carbocycles. The van der Waals surface area contributed by atoms with Crippen LogP contribution >= 0.6 is 0 Å². The minimum Gasteiger partial charge on any atom is -0.486 e. The van der Waals surface area contributed by atoms with Crippen molar-refractivity contribution in [3.05, 3.63) is 84.4 Å². The van der Waals surface area contributed by atoms with Gasteiger partial charge >= 0.3 is 0 Å². The van der Waals surface area contributed by atoms with Crippen LogP contribution in [-0.4, -0.2) is 53.8 Å². The normalized spacial score (nSPS) is 16.5. The minimum absolute atomic E-state index is 0.0999. The van der Waals surface area contributed by atoms with Crippen LogP contribution in [0.2, 0.25) is 0 Å². The molecule has 0 aromatic heterocycles. The van der Waals surface area contributed by atoms with Gasteiger partial charge < -0.3 is 19.5 Å². The van der Waals surface area contributed by atoms with Gasteiger partial charge in [-0.2, -0.15) is 0 Å². The van der Waals surface area contributed by atoms with E-state index in [-0.39, 0.29) is 16.9 Å². The Morgan fingerprint density at radius 3 is 2.19 bits per heavy atom. The first kappa shape index (κ1) is 25.1. The molecule has 2 heterocycles. The average molecular weight is 523 g/mol. The standard InChI is InChI=1S/C28H30N2O6S/c31-27(29-21-28(13-15-34-16-14-28)22-7-3-1-4-8-22)20-30(37(32,33)24-9-5-2-6-10-24)23-11-12-25-26(19-23)36-18-17-35-25/h1-12,19H,13-18,20-21H2,(H,29,31). The highest BCUT2D eigenvalue weighted by Crippen LogP contribution is 2.36. The molecule has 0 atom stereocenters. The molecular weight excluding hydrogens is 492 g/mol. The molecule has 0 saturated carbocycles. The summed E-state index contributed by atoms with van der Waals surface area (Å²) >= 11 is 0. The molecular formula is C28H30N2O6S. The van der Waals surface area contributed by atoms with Crippen LogP contribution < -0.4 is 19.1 Å². The van der Waals surface area contributed by atoms with Crippen LogP contribution in [0.15, 0.2) is 83.8 Å². The number of carbonyl (C=O) groups is 1. The molecule has 2 aliphatic heterocycles.